The van der Waals surface area contributed by atoms with Crippen molar-refractivity contribution in [1.82, 2.24) is 10.7 Å². The first-order valence-electron chi connectivity index (χ1n) is 9.29. The maximum absolute atomic E-state index is 12.5. The van der Waals surface area contributed by atoms with E-state index >= 15 is 0 Å². The Balaban J connectivity index is 2.02. The van der Waals surface area contributed by atoms with Crippen LogP contribution in [0.3, 0.4) is 0 Å². The van der Waals surface area contributed by atoms with E-state index in [0.717, 1.165) is 4.88 Å². The summed E-state index contributed by atoms with van der Waals surface area (Å²) in [6.07, 6.45) is 1.54. The number of hydrazone groups is 1. The highest BCUT2D eigenvalue weighted by Crippen LogP contribution is 2.27. The fourth-order valence-corrected chi connectivity index (χ4v) is 3.42. The number of benzene rings is 1. The lowest BCUT2D eigenvalue weighted by molar-refractivity contribution is -0.384. The van der Waals surface area contributed by atoms with Crippen LogP contribution in [-0.4, -0.2) is 43.1 Å². The summed E-state index contributed by atoms with van der Waals surface area (Å²) in [4.78, 5) is 38.1. The quantitative estimate of drug-likeness (QED) is 0.359. The van der Waals surface area contributed by atoms with Gasteiger partial charge in [0, 0.05) is 30.6 Å². The van der Waals surface area contributed by atoms with E-state index in [0.29, 0.717) is 11.3 Å². The normalized spacial score (nSPS) is 12.0. The minimum absolute atomic E-state index is 0.0591. The lowest BCUT2D eigenvalue weighted by atomic mass is 10.0. The van der Waals surface area contributed by atoms with Crippen LogP contribution in [-0.2, 0) is 16.0 Å². The first-order chi connectivity index (χ1) is 14.2. The SMILES string of the molecule is CC(C)[C@@H](NC(=O)Cc1cccs1)C(=O)NN=Cc1ccc(N(C)C)c([N+](=O)[O-])c1. The molecule has 160 valence electrons. The number of anilines is 1. The molecule has 0 aliphatic carbocycles. The van der Waals surface area contributed by atoms with Gasteiger partial charge in [0.15, 0.2) is 0 Å². The number of thiophene rings is 1. The number of rotatable bonds is 9. The van der Waals surface area contributed by atoms with Gasteiger partial charge in [0.2, 0.25) is 5.91 Å². The standard InChI is InChI=1S/C20H25N5O4S/c1-13(2)19(22-18(26)11-15-6-5-9-30-15)20(27)23-21-12-14-7-8-16(24(3)4)17(10-14)25(28)29/h5-10,12-13,19H,11H2,1-4H3,(H,22,26)(H,23,27)/t19-/m1/s1. The number of nitrogens with one attached hydrogen (secondary N) is 2. The Kier molecular flexibility index (Phi) is 8.05. The van der Waals surface area contributed by atoms with Crippen molar-refractivity contribution in [3.05, 3.63) is 56.3 Å². The Morgan fingerprint density at radius 1 is 1.30 bits per heavy atom. The molecule has 10 heteroatoms. The molecule has 0 aliphatic heterocycles. The average molecular weight is 432 g/mol. The molecule has 1 aromatic carbocycles. The van der Waals surface area contributed by atoms with Crippen molar-refractivity contribution in [2.75, 3.05) is 19.0 Å². The van der Waals surface area contributed by atoms with Crippen molar-refractivity contribution < 1.29 is 14.5 Å². The number of carbonyl (C=O) groups excluding carboxylic acids is 2. The zero-order valence-corrected chi connectivity index (χ0v) is 18.1. The minimum Gasteiger partial charge on any atom is -0.372 e. The molecule has 0 fully saturated rings. The molecule has 0 aliphatic rings. The van der Waals surface area contributed by atoms with Gasteiger partial charge in [-0.2, -0.15) is 5.10 Å². The van der Waals surface area contributed by atoms with E-state index in [4.69, 9.17) is 0 Å². The molecule has 0 saturated heterocycles. The van der Waals surface area contributed by atoms with Crippen LogP contribution in [0, 0.1) is 16.0 Å². The van der Waals surface area contributed by atoms with Crippen LogP contribution in [0.25, 0.3) is 0 Å². The summed E-state index contributed by atoms with van der Waals surface area (Å²) in [5, 5.41) is 19.8. The van der Waals surface area contributed by atoms with Gasteiger partial charge >= 0.3 is 0 Å². The predicted molar refractivity (Wildman–Crippen MR) is 118 cm³/mol. The van der Waals surface area contributed by atoms with Crippen LogP contribution in [0.2, 0.25) is 0 Å². The van der Waals surface area contributed by atoms with Crippen LogP contribution < -0.4 is 15.6 Å². The van der Waals surface area contributed by atoms with Gasteiger partial charge in [-0.05, 0) is 23.4 Å². The number of hydrogen-bond donors (Lipinski definition) is 2. The molecule has 0 spiro atoms. The summed E-state index contributed by atoms with van der Waals surface area (Å²) in [5.41, 5.74) is 3.28. The maximum Gasteiger partial charge on any atom is 0.293 e. The minimum atomic E-state index is -0.750. The van der Waals surface area contributed by atoms with Gasteiger partial charge in [-0.1, -0.05) is 26.0 Å². The number of carbonyl (C=O) groups is 2. The first kappa shape index (κ1) is 23.0. The number of hydrogen-bond acceptors (Lipinski definition) is 7. The lowest BCUT2D eigenvalue weighted by Gasteiger charge is -2.20. The zero-order valence-electron chi connectivity index (χ0n) is 17.3. The molecule has 2 rings (SSSR count). The van der Waals surface area contributed by atoms with Crippen molar-refractivity contribution in [2.24, 2.45) is 11.0 Å². The molecule has 2 amide bonds. The summed E-state index contributed by atoms with van der Waals surface area (Å²) >= 11 is 1.48. The van der Waals surface area contributed by atoms with Crippen molar-refractivity contribution in [2.45, 2.75) is 26.3 Å². The smallest absolute Gasteiger partial charge is 0.293 e. The van der Waals surface area contributed by atoms with E-state index in [1.54, 1.807) is 31.1 Å². The van der Waals surface area contributed by atoms with Crippen LogP contribution in [0.15, 0.2) is 40.8 Å². The third kappa shape index (κ3) is 6.38. The molecular weight excluding hydrogens is 406 g/mol. The maximum atomic E-state index is 12.5. The van der Waals surface area contributed by atoms with Gasteiger partial charge in [-0.15, -0.1) is 11.3 Å². The number of nitro benzene ring substituents is 1. The highest BCUT2D eigenvalue weighted by Gasteiger charge is 2.24. The van der Waals surface area contributed by atoms with E-state index in [1.807, 2.05) is 31.4 Å². The molecule has 2 aromatic rings. The molecule has 9 nitrogen and oxygen atoms in total. The van der Waals surface area contributed by atoms with Crippen LogP contribution in [0.1, 0.15) is 24.3 Å². The second-order valence-corrected chi connectivity index (χ2v) is 8.21. The Morgan fingerprint density at radius 2 is 2.03 bits per heavy atom. The summed E-state index contributed by atoms with van der Waals surface area (Å²) in [5.74, 6) is -0.849. The highest BCUT2D eigenvalue weighted by atomic mass is 32.1. The zero-order chi connectivity index (χ0) is 22.3. The Bertz CT molecular complexity index is 925. The number of nitro groups is 1. The molecule has 30 heavy (non-hydrogen) atoms. The van der Waals surface area contributed by atoms with E-state index < -0.39 is 16.9 Å². The van der Waals surface area contributed by atoms with Gasteiger partial charge < -0.3 is 10.2 Å². The van der Waals surface area contributed by atoms with Crippen molar-refractivity contribution >= 4 is 40.7 Å². The topological polar surface area (TPSA) is 117 Å². The van der Waals surface area contributed by atoms with Crippen molar-refractivity contribution in [3.63, 3.8) is 0 Å². The summed E-state index contributed by atoms with van der Waals surface area (Å²) < 4.78 is 0. The third-order valence-electron chi connectivity index (χ3n) is 4.25. The van der Waals surface area contributed by atoms with Gasteiger partial charge in [-0.3, -0.25) is 19.7 Å². The molecule has 1 heterocycles. The van der Waals surface area contributed by atoms with Crippen molar-refractivity contribution in [1.29, 1.82) is 0 Å². The van der Waals surface area contributed by atoms with Crippen LogP contribution in [0.5, 0.6) is 0 Å². The fourth-order valence-electron chi connectivity index (χ4n) is 2.72. The molecule has 2 N–H and O–H groups in total. The Labute approximate surface area is 178 Å². The predicted octanol–water partition coefficient (Wildman–Crippen LogP) is 2.56. The van der Waals surface area contributed by atoms with Crippen molar-refractivity contribution in [3.8, 4) is 0 Å². The summed E-state index contributed by atoms with van der Waals surface area (Å²) in [6, 6.07) is 7.64. The second kappa shape index (κ2) is 10.5. The second-order valence-electron chi connectivity index (χ2n) is 7.18. The monoisotopic (exact) mass is 431 g/mol. The van der Waals surface area contributed by atoms with Crippen LogP contribution in [0.4, 0.5) is 11.4 Å². The molecule has 0 unspecified atom stereocenters. The Morgan fingerprint density at radius 3 is 2.60 bits per heavy atom. The van der Waals surface area contributed by atoms with Crippen LogP contribution >= 0.6 is 11.3 Å². The van der Waals surface area contributed by atoms with E-state index in [2.05, 4.69) is 15.8 Å². The van der Waals surface area contributed by atoms with E-state index in [9.17, 15) is 19.7 Å². The highest BCUT2D eigenvalue weighted by molar-refractivity contribution is 7.10. The Hall–Kier alpha value is -3.27. The largest absolute Gasteiger partial charge is 0.372 e. The van der Waals surface area contributed by atoms with E-state index in [-0.39, 0.29) is 23.9 Å². The third-order valence-corrected chi connectivity index (χ3v) is 5.12. The number of nitrogens with zero attached hydrogens (tertiary/aromatic N) is 3. The number of amides is 2. The lowest BCUT2D eigenvalue weighted by Crippen LogP contribution is -2.49. The molecule has 0 saturated carbocycles. The van der Waals surface area contributed by atoms with Gasteiger partial charge in [0.25, 0.3) is 11.6 Å². The summed E-state index contributed by atoms with van der Waals surface area (Å²) in [7, 11) is 3.43. The van der Waals surface area contributed by atoms with Gasteiger partial charge in [-0.25, -0.2) is 5.43 Å². The van der Waals surface area contributed by atoms with E-state index in [1.165, 1.54) is 23.6 Å². The van der Waals surface area contributed by atoms with Gasteiger partial charge in [0.05, 0.1) is 17.6 Å². The average Bonchev–Trinajstić information content (AvgIpc) is 3.18. The fraction of sp³-hybridized carbons (Fsp3) is 0.350. The molecule has 0 bridgehead atoms. The molecule has 1 aromatic heterocycles. The van der Waals surface area contributed by atoms with Gasteiger partial charge in [0.1, 0.15) is 11.7 Å². The first-order valence-corrected chi connectivity index (χ1v) is 10.2. The molecule has 0 radical (unpaired) electrons. The summed E-state index contributed by atoms with van der Waals surface area (Å²) in [6.45, 7) is 3.64. The molecule has 1 atom stereocenters. The molecular formula is C20H25N5O4S.